The maximum absolute atomic E-state index is 12.1. The summed E-state index contributed by atoms with van der Waals surface area (Å²) in [6.45, 7) is 0.254. The van der Waals surface area contributed by atoms with E-state index in [1.54, 1.807) is 11.3 Å². The number of aryl methyl sites for hydroxylation is 2. The van der Waals surface area contributed by atoms with Crippen molar-refractivity contribution in [2.24, 2.45) is 5.41 Å². The molecule has 0 aromatic carbocycles. The van der Waals surface area contributed by atoms with E-state index in [-0.39, 0.29) is 12.5 Å². The van der Waals surface area contributed by atoms with Gasteiger partial charge in [0.15, 0.2) is 0 Å². The minimum Gasteiger partial charge on any atom is -0.481 e. The lowest BCUT2D eigenvalue weighted by atomic mass is 9.69. The van der Waals surface area contributed by atoms with E-state index in [1.807, 2.05) is 6.07 Å². The van der Waals surface area contributed by atoms with Crippen molar-refractivity contribution >= 4 is 23.2 Å². The third-order valence-electron chi connectivity index (χ3n) is 4.32. The average Bonchev–Trinajstić information content (AvgIpc) is 2.86. The molecule has 1 amide bonds. The highest BCUT2D eigenvalue weighted by atomic mass is 32.1. The number of carbonyl (C=O) groups is 2. The lowest BCUT2D eigenvalue weighted by Crippen LogP contribution is -2.47. The van der Waals surface area contributed by atoms with Crippen LogP contribution in [-0.2, 0) is 17.6 Å². The van der Waals surface area contributed by atoms with E-state index < -0.39 is 11.4 Å². The lowest BCUT2D eigenvalue weighted by Gasteiger charge is -2.37. The fourth-order valence-electron chi connectivity index (χ4n) is 2.85. The number of carbonyl (C=O) groups excluding carboxylic acids is 1. The molecule has 5 heteroatoms. The molecule has 0 spiro atoms. The van der Waals surface area contributed by atoms with Crippen molar-refractivity contribution in [3.05, 3.63) is 21.4 Å². The van der Waals surface area contributed by atoms with Gasteiger partial charge in [-0.15, -0.1) is 11.3 Å². The molecular weight excluding hydrogens is 262 g/mol. The fraction of sp³-hybridized carbons (Fsp3) is 0.571. The van der Waals surface area contributed by atoms with Crippen molar-refractivity contribution in [1.29, 1.82) is 0 Å². The fourth-order valence-corrected chi connectivity index (χ4v) is 4.02. The van der Waals surface area contributed by atoms with Gasteiger partial charge in [0, 0.05) is 11.4 Å². The standard InChI is InChI=1S/C14H17NO3S/c16-12(11-7-9-3-1-4-10(9)19-11)15-8-14(13(17)18)5-2-6-14/h7H,1-6,8H2,(H,15,16)(H,17,18). The normalized spacial score (nSPS) is 19.6. The van der Waals surface area contributed by atoms with Crippen LogP contribution in [0.5, 0.6) is 0 Å². The van der Waals surface area contributed by atoms with Crippen molar-refractivity contribution in [3.8, 4) is 0 Å². The van der Waals surface area contributed by atoms with Gasteiger partial charge in [0.25, 0.3) is 5.91 Å². The highest BCUT2D eigenvalue weighted by molar-refractivity contribution is 7.14. The van der Waals surface area contributed by atoms with Gasteiger partial charge in [0.1, 0.15) is 0 Å². The Labute approximate surface area is 115 Å². The van der Waals surface area contributed by atoms with E-state index in [0.717, 1.165) is 24.1 Å². The Hall–Kier alpha value is -1.36. The second-order valence-electron chi connectivity index (χ2n) is 5.53. The topological polar surface area (TPSA) is 66.4 Å². The molecule has 1 saturated carbocycles. The summed E-state index contributed by atoms with van der Waals surface area (Å²) in [6.07, 6.45) is 5.61. The van der Waals surface area contributed by atoms with Crippen LogP contribution < -0.4 is 5.32 Å². The molecule has 0 saturated heterocycles. The number of carboxylic acid groups (broad SMARTS) is 1. The van der Waals surface area contributed by atoms with Crippen LogP contribution in [0.1, 0.15) is 45.8 Å². The van der Waals surface area contributed by atoms with Crippen LogP contribution in [0, 0.1) is 5.41 Å². The molecule has 0 radical (unpaired) electrons. The molecule has 2 aliphatic rings. The number of thiophene rings is 1. The van der Waals surface area contributed by atoms with Crippen molar-refractivity contribution in [1.82, 2.24) is 5.32 Å². The zero-order valence-corrected chi connectivity index (χ0v) is 11.5. The Kier molecular flexibility index (Phi) is 3.09. The van der Waals surface area contributed by atoms with Crippen LogP contribution in [0.2, 0.25) is 0 Å². The summed E-state index contributed by atoms with van der Waals surface area (Å²) in [5.41, 5.74) is 0.585. The smallest absolute Gasteiger partial charge is 0.311 e. The summed E-state index contributed by atoms with van der Waals surface area (Å²) in [7, 11) is 0. The van der Waals surface area contributed by atoms with Gasteiger partial charge in [-0.1, -0.05) is 6.42 Å². The number of carboxylic acids is 1. The van der Waals surface area contributed by atoms with Crippen LogP contribution in [0.3, 0.4) is 0 Å². The van der Waals surface area contributed by atoms with Crippen LogP contribution in [-0.4, -0.2) is 23.5 Å². The van der Waals surface area contributed by atoms with Crippen molar-refractivity contribution < 1.29 is 14.7 Å². The number of nitrogens with one attached hydrogen (secondary N) is 1. The molecule has 0 bridgehead atoms. The minimum atomic E-state index is -0.785. The first-order valence-electron chi connectivity index (χ1n) is 6.74. The van der Waals surface area contributed by atoms with Gasteiger partial charge in [-0.05, 0) is 43.7 Å². The van der Waals surface area contributed by atoms with Crippen molar-refractivity contribution in [3.63, 3.8) is 0 Å². The molecule has 102 valence electrons. The van der Waals surface area contributed by atoms with Gasteiger partial charge >= 0.3 is 5.97 Å². The summed E-state index contributed by atoms with van der Waals surface area (Å²) >= 11 is 1.56. The Morgan fingerprint density at radius 1 is 1.32 bits per heavy atom. The third kappa shape index (κ3) is 2.16. The second-order valence-corrected chi connectivity index (χ2v) is 6.67. The van der Waals surface area contributed by atoms with E-state index in [1.165, 1.54) is 16.9 Å². The Bertz CT molecular complexity index is 509. The highest BCUT2D eigenvalue weighted by Gasteiger charge is 2.44. The zero-order valence-electron chi connectivity index (χ0n) is 10.7. The monoisotopic (exact) mass is 279 g/mol. The molecular formula is C14H17NO3S. The Morgan fingerprint density at radius 2 is 2.11 bits per heavy atom. The molecule has 4 nitrogen and oxygen atoms in total. The molecule has 1 aromatic rings. The van der Waals surface area contributed by atoms with Gasteiger partial charge in [-0.25, -0.2) is 0 Å². The predicted octanol–water partition coefficient (Wildman–Crippen LogP) is 2.22. The molecule has 1 aromatic heterocycles. The van der Waals surface area contributed by atoms with Gasteiger partial charge in [-0.2, -0.15) is 0 Å². The molecule has 19 heavy (non-hydrogen) atoms. The van der Waals surface area contributed by atoms with Gasteiger partial charge in [0.05, 0.1) is 10.3 Å². The first kappa shape index (κ1) is 12.7. The lowest BCUT2D eigenvalue weighted by molar-refractivity contribution is -0.153. The highest BCUT2D eigenvalue weighted by Crippen LogP contribution is 2.40. The maximum Gasteiger partial charge on any atom is 0.311 e. The number of hydrogen-bond donors (Lipinski definition) is 2. The van der Waals surface area contributed by atoms with E-state index in [0.29, 0.717) is 12.8 Å². The Balaban J connectivity index is 1.63. The van der Waals surface area contributed by atoms with Crippen LogP contribution >= 0.6 is 11.3 Å². The van der Waals surface area contributed by atoms with Gasteiger partial charge in [0.2, 0.25) is 0 Å². The van der Waals surface area contributed by atoms with Crippen molar-refractivity contribution in [2.75, 3.05) is 6.54 Å². The zero-order chi connectivity index (χ0) is 13.5. The van der Waals surface area contributed by atoms with E-state index >= 15 is 0 Å². The minimum absolute atomic E-state index is 0.119. The second kappa shape index (κ2) is 4.63. The molecule has 1 fully saturated rings. The average molecular weight is 279 g/mol. The molecule has 0 unspecified atom stereocenters. The van der Waals surface area contributed by atoms with Crippen LogP contribution in [0.15, 0.2) is 6.07 Å². The third-order valence-corrected chi connectivity index (χ3v) is 5.56. The summed E-state index contributed by atoms with van der Waals surface area (Å²) in [5.74, 6) is -0.903. The first-order valence-corrected chi connectivity index (χ1v) is 7.56. The molecule has 0 aliphatic heterocycles. The van der Waals surface area contributed by atoms with Crippen LogP contribution in [0.25, 0.3) is 0 Å². The summed E-state index contributed by atoms with van der Waals surface area (Å²) in [6, 6.07) is 1.97. The predicted molar refractivity (Wildman–Crippen MR) is 72.6 cm³/mol. The maximum atomic E-state index is 12.1. The van der Waals surface area contributed by atoms with E-state index in [2.05, 4.69) is 5.32 Å². The van der Waals surface area contributed by atoms with Gasteiger partial charge in [-0.3, -0.25) is 9.59 Å². The summed E-state index contributed by atoms with van der Waals surface area (Å²) < 4.78 is 0. The number of aliphatic carboxylic acids is 1. The van der Waals surface area contributed by atoms with Crippen molar-refractivity contribution in [2.45, 2.75) is 38.5 Å². The SMILES string of the molecule is O=C(NCC1(C(=O)O)CCC1)c1cc2c(s1)CCC2. The van der Waals surface area contributed by atoms with E-state index in [4.69, 9.17) is 0 Å². The van der Waals surface area contributed by atoms with Crippen LogP contribution in [0.4, 0.5) is 0 Å². The summed E-state index contributed by atoms with van der Waals surface area (Å²) in [4.78, 5) is 25.3. The number of amides is 1. The number of hydrogen-bond acceptors (Lipinski definition) is 3. The molecule has 3 rings (SSSR count). The molecule has 0 atom stereocenters. The van der Waals surface area contributed by atoms with Gasteiger partial charge < -0.3 is 10.4 Å². The molecule has 1 heterocycles. The largest absolute Gasteiger partial charge is 0.481 e. The molecule has 2 aliphatic carbocycles. The Morgan fingerprint density at radius 3 is 2.68 bits per heavy atom. The quantitative estimate of drug-likeness (QED) is 0.888. The number of rotatable bonds is 4. The molecule has 2 N–H and O–H groups in total. The first-order chi connectivity index (χ1) is 9.11. The number of fused-ring (bicyclic) bond motifs is 1. The van der Waals surface area contributed by atoms with E-state index in [9.17, 15) is 14.7 Å². The summed E-state index contributed by atoms with van der Waals surface area (Å²) in [5, 5.41) is 12.0.